The van der Waals surface area contributed by atoms with Gasteiger partial charge in [0.2, 0.25) is 5.91 Å². The number of carbonyl (C=O) groups is 1. The first kappa shape index (κ1) is 17.9. The Labute approximate surface area is 152 Å². The van der Waals surface area contributed by atoms with E-state index in [1.807, 2.05) is 53.9 Å². The van der Waals surface area contributed by atoms with Gasteiger partial charge in [-0.2, -0.15) is 0 Å². The first-order valence-corrected chi connectivity index (χ1v) is 10.8. The summed E-state index contributed by atoms with van der Waals surface area (Å²) in [7, 11) is -3.24. The number of carbonyl (C=O) groups excluding carboxylic acids is 1. The molecule has 2 heterocycles. The second-order valence-electron chi connectivity index (χ2n) is 6.19. The van der Waals surface area contributed by atoms with Crippen LogP contribution in [0.15, 0.2) is 53.4 Å². The van der Waals surface area contributed by atoms with Crippen LogP contribution < -0.4 is 0 Å². The predicted octanol–water partition coefficient (Wildman–Crippen LogP) is 3.54. The van der Waals surface area contributed by atoms with E-state index >= 15 is 0 Å². The molecule has 1 aromatic heterocycles. The minimum absolute atomic E-state index is 0.0138. The highest BCUT2D eigenvalue weighted by Gasteiger charge is 2.33. The summed E-state index contributed by atoms with van der Waals surface area (Å²) in [6.07, 6.45) is 2.30. The molecule has 4 nitrogen and oxygen atoms in total. The summed E-state index contributed by atoms with van der Waals surface area (Å²) in [5.74, 6) is -0.0780. The van der Waals surface area contributed by atoms with Crippen molar-refractivity contribution in [1.82, 2.24) is 4.90 Å². The van der Waals surface area contributed by atoms with Gasteiger partial charge in [0.1, 0.15) is 0 Å². The Morgan fingerprint density at radius 3 is 2.60 bits per heavy atom. The summed E-state index contributed by atoms with van der Waals surface area (Å²) in [6, 6.07) is 13.4. The monoisotopic (exact) mass is 375 g/mol. The molecular formula is C19H21NO3S2. The highest BCUT2D eigenvalue weighted by Crippen LogP contribution is 2.32. The van der Waals surface area contributed by atoms with Gasteiger partial charge >= 0.3 is 0 Å². The van der Waals surface area contributed by atoms with Gasteiger partial charge in [-0.15, -0.1) is 11.3 Å². The number of rotatable bonds is 3. The molecule has 1 atom stereocenters. The average molecular weight is 376 g/mol. The highest BCUT2D eigenvalue weighted by atomic mass is 32.2. The third kappa shape index (κ3) is 4.19. The third-order valence-electron chi connectivity index (χ3n) is 4.41. The first-order valence-electron chi connectivity index (χ1n) is 8.25. The summed E-state index contributed by atoms with van der Waals surface area (Å²) in [6.45, 7) is 2.50. The van der Waals surface area contributed by atoms with Gasteiger partial charge in [0.05, 0.1) is 11.0 Å². The lowest BCUT2D eigenvalue weighted by Crippen LogP contribution is -2.34. The van der Waals surface area contributed by atoms with Gasteiger partial charge in [0.15, 0.2) is 9.84 Å². The minimum Gasteiger partial charge on any atom is -0.338 e. The van der Waals surface area contributed by atoms with E-state index in [0.29, 0.717) is 18.5 Å². The minimum atomic E-state index is -3.24. The Bertz CT molecular complexity index is 855. The van der Waals surface area contributed by atoms with Gasteiger partial charge in [0.25, 0.3) is 0 Å². The molecule has 1 aliphatic heterocycles. The zero-order valence-corrected chi connectivity index (χ0v) is 15.7. The van der Waals surface area contributed by atoms with Crippen LogP contribution in [0.25, 0.3) is 6.08 Å². The molecule has 132 valence electrons. The molecule has 0 bridgehead atoms. The maximum atomic E-state index is 12.7. The van der Waals surface area contributed by atoms with Gasteiger partial charge in [0, 0.05) is 23.5 Å². The number of benzene rings is 1. The van der Waals surface area contributed by atoms with Crippen LogP contribution in [0.4, 0.5) is 0 Å². The van der Waals surface area contributed by atoms with Crippen LogP contribution in [0.2, 0.25) is 0 Å². The number of hydrogen-bond acceptors (Lipinski definition) is 4. The standard InChI is InChI=1S/C19H21NO3S2/c1-15(14-16-6-3-2-4-7-16)19(21)20-10-9-18(17-8-5-12-24-17)25(22,23)13-11-20/h2-8,12,14,18H,9-11,13H2,1H3/b15-14+/t18-/m1/s1. The number of nitrogens with zero attached hydrogens (tertiary/aromatic N) is 1. The molecule has 1 saturated heterocycles. The van der Waals surface area contributed by atoms with Crippen molar-refractivity contribution in [2.75, 3.05) is 18.8 Å². The Balaban J connectivity index is 1.76. The molecular weight excluding hydrogens is 354 g/mol. The fourth-order valence-electron chi connectivity index (χ4n) is 3.05. The van der Waals surface area contributed by atoms with E-state index < -0.39 is 15.1 Å². The van der Waals surface area contributed by atoms with Crippen molar-refractivity contribution in [3.05, 3.63) is 63.9 Å². The van der Waals surface area contributed by atoms with Crippen molar-refractivity contribution in [2.45, 2.75) is 18.6 Å². The second kappa shape index (κ2) is 7.54. The van der Waals surface area contributed by atoms with E-state index in [1.165, 1.54) is 11.3 Å². The fraction of sp³-hybridized carbons (Fsp3) is 0.316. The second-order valence-corrected chi connectivity index (χ2v) is 9.47. The van der Waals surface area contributed by atoms with Crippen LogP contribution in [0.3, 0.4) is 0 Å². The lowest BCUT2D eigenvalue weighted by Gasteiger charge is -2.20. The summed E-state index contributed by atoms with van der Waals surface area (Å²) >= 11 is 1.46. The first-order chi connectivity index (χ1) is 12.0. The molecule has 0 N–H and O–H groups in total. The van der Waals surface area contributed by atoms with E-state index in [0.717, 1.165) is 10.4 Å². The molecule has 0 radical (unpaired) electrons. The van der Waals surface area contributed by atoms with E-state index in [2.05, 4.69) is 0 Å². The van der Waals surface area contributed by atoms with Crippen molar-refractivity contribution < 1.29 is 13.2 Å². The molecule has 0 spiro atoms. The normalized spacial score (nSPS) is 20.9. The average Bonchev–Trinajstić information content (AvgIpc) is 3.06. The van der Waals surface area contributed by atoms with Gasteiger partial charge in [-0.1, -0.05) is 36.4 Å². The SMILES string of the molecule is C/C(=C\c1ccccc1)C(=O)N1CC[C@H](c2cccs2)S(=O)(=O)CC1. The molecule has 0 aliphatic carbocycles. The number of hydrogen-bond donors (Lipinski definition) is 0. The van der Waals surface area contributed by atoms with Gasteiger partial charge < -0.3 is 4.90 Å². The van der Waals surface area contributed by atoms with Crippen molar-refractivity contribution >= 4 is 33.2 Å². The van der Waals surface area contributed by atoms with Crippen LogP contribution in [-0.4, -0.2) is 38.1 Å². The maximum absolute atomic E-state index is 12.7. The Hall–Kier alpha value is -1.92. The molecule has 1 aromatic carbocycles. The van der Waals surface area contributed by atoms with Crippen molar-refractivity contribution in [3.8, 4) is 0 Å². The van der Waals surface area contributed by atoms with Gasteiger partial charge in [-0.25, -0.2) is 8.42 Å². The highest BCUT2D eigenvalue weighted by molar-refractivity contribution is 7.91. The molecule has 3 rings (SSSR count). The fourth-order valence-corrected chi connectivity index (χ4v) is 6.06. The quantitative estimate of drug-likeness (QED) is 0.771. The summed E-state index contributed by atoms with van der Waals surface area (Å²) in [5, 5.41) is 1.40. The molecule has 1 aliphatic rings. The zero-order valence-electron chi connectivity index (χ0n) is 14.1. The van der Waals surface area contributed by atoms with Crippen LogP contribution >= 0.6 is 11.3 Å². The van der Waals surface area contributed by atoms with E-state index in [4.69, 9.17) is 0 Å². The van der Waals surface area contributed by atoms with Crippen LogP contribution in [0, 0.1) is 0 Å². The summed E-state index contributed by atoms with van der Waals surface area (Å²) < 4.78 is 25.2. The largest absolute Gasteiger partial charge is 0.338 e. The van der Waals surface area contributed by atoms with E-state index in [9.17, 15) is 13.2 Å². The van der Waals surface area contributed by atoms with E-state index in [1.54, 1.807) is 11.8 Å². The molecule has 2 aromatic rings. The van der Waals surface area contributed by atoms with Crippen LogP contribution in [0.1, 0.15) is 29.0 Å². The Kier molecular flexibility index (Phi) is 5.39. The molecule has 1 amide bonds. The number of amides is 1. The molecule has 0 saturated carbocycles. The Morgan fingerprint density at radius 2 is 1.92 bits per heavy atom. The molecule has 6 heteroatoms. The lowest BCUT2D eigenvalue weighted by molar-refractivity contribution is -0.126. The van der Waals surface area contributed by atoms with Crippen molar-refractivity contribution in [3.63, 3.8) is 0 Å². The topological polar surface area (TPSA) is 54.5 Å². The number of thiophene rings is 1. The zero-order chi connectivity index (χ0) is 17.9. The molecule has 1 fully saturated rings. The van der Waals surface area contributed by atoms with Gasteiger partial charge in [-0.3, -0.25) is 4.79 Å². The van der Waals surface area contributed by atoms with E-state index in [-0.39, 0.29) is 18.2 Å². The smallest absolute Gasteiger partial charge is 0.249 e. The van der Waals surface area contributed by atoms with Crippen molar-refractivity contribution in [1.29, 1.82) is 0 Å². The number of sulfone groups is 1. The third-order valence-corrected chi connectivity index (χ3v) is 7.65. The molecule has 0 unspecified atom stereocenters. The summed E-state index contributed by atoms with van der Waals surface area (Å²) in [4.78, 5) is 15.3. The van der Waals surface area contributed by atoms with Crippen LogP contribution in [-0.2, 0) is 14.6 Å². The summed E-state index contributed by atoms with van der Waals surface area (Å²) in [5.41, 5.74) is 1.59. The Morgan fingerprint density at radius 1 is 1.16 bits per heavy atom. The predicted molar refractivity (Wildman–Crippen MR) is 102 cm³/mol. The van der Waals surface area contributed by atoms with Gasteiger partial charge in [-0.05, 0) is 36.4 Å². The molecule has 25 heavy (non-hydrogen) atoms. The van der Waals surface area contributed by atoms with Crippen molar-refractivity contribution in [2.24, 2.45) is 0 Å². The van der Waals surface area contributed by atoms with Crippen LogP contribution in [0.5, 0.6) is 0 Å². The lowest BCUT2D eigenvalue weighted by atomic mass is 10.1. The maximum Gasteiger partial charge on any atom is 0.249 e.